The zero-order valence-electron chi connectivity index (χ0n) is 16.7. The monoisotopic (exact) mass is 420 g/mol. The molecule has 1 fully saturated rings. The average Bonchev–Trinajstić information content (AvgIpc) is 3.46. The van der Waals surface area contributed by atoms with E-state index in [9.17, 15) is 14.7 Å². The quantitative estimate of drug-likeness (QED) is 0.444. The maximum atomic E-state index is 12.4. The molecule has 2 atom stereocenters. The lowest BCUT2D eigenvalue weighted by molar-refractivity contribution is -0.138. The van der Waals surface area contributed by atoms with Crippen LogP contribution in [-0.4, -0.2) is 55.8 Å². The molecular formula is C21H20N6O4. The molecule has 158 valence electrons. The van der Waals surface area contributed by atoms with E-state index in [2.05, 4.69) is 25.5 Å². The van der Waals surface area contributed by atoms with Gasteiger partial charge in [-0.25, -0.2) is 14.8 Å². The third-order valence-corrected chi connectivity index (χ3v) is 5.44. The highest BCUT2D eigenvalue weighted by atomic mass is 16.4. The highest BCUT2D eigenvalue weighted by Crippen LogP contribution is 2.35. The van der Waals surface area contributed by atoms with Crippen molar-refractivity contribution in [3.63, 3.8) is 0 Å². The van der Waals surface area contributed by atoms with Crippen molar-refractivity contribution >= 4 is 39.8 Å². The van der Waals surface area contributed by atoms with Gasteiger partial charge in [0.2, 0.25) is 5.91 Å². The fraction of sp³-hybridized carbons (Fsp3) is 0.286. The zero-order chi connectivity index (χ0) is 21.5. The summed E-state index contributed by atoms with van der Waals surface area (Å²) in [7, 11) is 0. The van der Waals surface area contributed by atoms with Crippen LogP contribution in [0.4, 0.5) is 5.82 Å². The van der Waals surface area contributed by atoms with Crippen molar-refractivity contribution in [3.05, 3.63) is 48.0 Å². The SMILES string of the molecule is Cc1nc(N2CC(NC(=O)Cc3cc[nH]n3)CC2C(=O)O)c2oc3ccccc3c2n1. The Balaban J connectivity index is 1.47. The van der Waals surface area contributed by atoms with Crippen molar-refractivity contribution in [1.29, 1.82) is 0 Å². The predicted molar refractivity (Wildman–Crippen MR) is 112 cm³/mol. The number of benzene rings is 1. The molecule has 0 saturated carbocycles. The number of aromatic amines is 1. The van der Waals surface area contributed by atoms with Gasteiger partial charge in [0.25, 0.3) is 0 Å². The van der Waals surface area contributed by atoms with Gasteiger partial charge >= 0.3 is 5.97 Å². The minimum atomic E-state index is -0.982. The third kappa shape index (κ3) is 3.45. The van der Waals surface area contributed by atoms with Crippen LogP contribution in [0.5, 0.6) is 0 Å². The van der Waals surface area contributed by atoms with E-state index in [1.54, 1.807) is 24.1 Å². The van der Waals surface area contributed by atoms with Crippen LogP contribution < -0.4 is 10.2 Å². The van der Waals surface area contributed by atoms with Gasteiger partial charge in [0.15, 0.2) is 11.4 Å². The molecule has 4 heterocycles. The molecule has 0 spiro atoms. The third-order valence-electron chi connectivity index (χ3n) is 5.44. The van der Waals surface area contributed by atoms with Gasteiger partial charge in [-0.15, -0.1) is 0 Å². The molecule has 0 radical (unpaired) electrons. The molecule has 3 aromatic heterocycles. The number of carbonyl (C=O) groups excluding carboxylic acids is 1. The van der Waals surface area contributed by atoms with Gasteiger partial charge in [0, 0.05) is 30.6 Å². The minimum absolute atomic E-state index is 0.123. The molecule has 10 nitrogen and oxygen atoms in total. The number of hydrogen-bond donors (Lipinski definition) is 3. The highest BCUT2D eigenvalue weighted by molar-refractivity contribution is 6.06. The number of nitrogens with one attached hydrogen (secondary N) is 2. The van der Waals surface area contributed by atoms with Gasteiger partial charge in [0.05, 0.1) is 12.1 Å². The van der Waals surface area contributed by atoms with Crippen molar-refractivity contribution in [3.8, 4) is 0 Å². The molecule has 4 aromatic rings. The first-order chi connectivity index (χ1) is 15.0. The molecule has 1 amide bonds. The van der Waals surface area contributed by atoms with Gasteiger partial charge in [0.1, 0.15) is 23.0 Å². The molecule has 0 aliphatic carbocycles. The average molecular weight is 420 g/mol. The standard InChI is InChI=1S/C21H20N6O4/c1-11-23-18-14-4-2-3-5-16(14)31-19(18)20(24-11)27-10-13(8-15(27)21(29)30)25-17(28)9-12-6-7-22-26-12/h2-7,13,15H,8-10H2,1H3,(H,22,26)(H,25,28)(H,29,30). The van der Waals surface area contributed by atoms with E-state index in [-0.39, 0.29) is 24.8 Å². The number of rotatable bonds is 5. The van der Waals surface area contributed by atoms with Crippen molar-refractivity contribution < 1.29 is 19.1 Å². The van der Waals surface area contributed by atoms with Crippen LogP contribution >= 0.6 is 0 Å². The van der Waals surface area contributed by atoms with Crippen LogP contribution in [0, 0.1) is 6.92 Å². The number of anilines is 1. The number of carbonyl (C=O) groups is 2. The van der Waals surface area contributed by atoms with Crippen molar-refractivity contribution in [1.82, 2.24) is 25.5 Å². The number of H-pyrrole nitrogens is 1. The van der Waals surface area contributed by atoms with Crippen molar-refractivity contribution in [2.75, 3.05) is 11.4 Å². The Hall–Kier alpha value is -3.95. The maximum Gasteiger partial charge on any atom is 0.326 e. The smallest absolute Gasteiger partial charge is 0.326 e. The molecule has 1 aliphatic heterocycles. The number of amides is 1. The second-order valence-electron chi connectivity index (χ2n) is 7.62. The molecule has 1 saturated heterocycles. The summed E-state index contributed by atoms with van der Waals surface area (Å²) < 4.78 is 6.01. The number of carboxylic acid groups (broad SMARTS) is 1. The molecule has 2 unspecified atom stereocenters. The second kappa shape index (κ2) is 7.38. The van der Waals surface area contributed by atoms with E-state index < -0.39 is 12.0 Å². The van der Waals surface area contributed by atoms with E-state index in [0.717, 1.165) is 5.39 Å². The Labute approximate surface area is 176 Å². The summed E-state index contributed by atoms with van der Waals surface area (Å²) in [5.41, 5.74) is 2.38. The number of aryl methyl sites for hydroxylation is 1. The van der Waals surface area contributed by atoms with Gasteiger partial charge in [-0.05, 0) is 25.1 Å². The number of para-hydroxylation sites is 1. The largest absolute Gasteiger partial charge is 0.480 e. The molecule has 10 heteroatoms. The first kappa shape index (κ1) is 19.0. The van der Waals surface area contributed by atoms with Crippen LogP contribution in [0.3, 0.4) is 0 Å². The zero-order valence-corrected chi connectivity index (χ0v) is 16.7. The number of aromatic nitrogens is 4. The summed E-state index contributed by atoms with van der Waals surface area (Å²) in [4.78, 5) is 35.1. The van der Waals surface area contributed by atoms with Crippen LogP contribution in [0.2, 0.25) is 0 Å². The summed E-state index contributed by atoms with van der Waals surface area (Å²) in [6, 6.07) is 8.05. The normalized spacial score (nSPS) is 18.7. The molecule has 0 bridgehead atoms. The summed E-state index contributed by atoms with van der Waals surface area (Å²) in [6.45, 7) is 2.06. The summed E-state index contributed by atoms with van der Waals surface area (Å²) in [6.07, 6.45) is 2.03. The maximum absolute atomic E-state index is 12.4. The molecule has 1 aliphatic rings. The first-order valence-electron chi connectivity index (χ1n) is 9.93. The topological polar surface area (TPSA) is 137 Å². The van der Waals surface area contributed by atoms with E-state index in [1.807, 2.05) is 24.3 Å². The second-order valence-corrected chi connectivity index (χ2v) is 7.62. The molecule has 31 heavy (non-hydrogen) atoms. The van der Waals surface area contributed by atoms with Crippen LogP contribution in [-0.2, 0) is 16.0 Å². The fourth-order valence-corrected chi connectivity index (χ4v) is 4.12. The number of nitrogens with zero attached hydrogens (tertiary/aromatic N) is 4. The molecular weight excluding hydrogens is 400 g/mol. The van der Waals surface area contributed by atoms with Crippen LogP contribution in [0.1, 0.15) is 17.9 Å². The Morgan fingerprint density at radius 1 is 1.29 bits per heavy atom. The molecule has 3 N–H and O–H groups in total. The summed E-state index contributed by atoms with van der Waals surface area (Å²) >= 11 is 0. The van der Waals surface area contributed by atoms with E-state index >= 15 is 0 Å². The number of aliphatic carboxylic acids is 1. The number of fused-ring (bicyclic) bond motifs is 3. The lowest BCUT2D eigenvalue weighted by Gasteiger charge is -2.22. The first-order valence-corrected chi connectivity index (χ1v) is 9.93. The number of carboxylic acids is 1. The Kier molecular flexibility index (Phi) is 4.54. The number of hydrogen-bond acceptors (Lipinski definition) is 7. The van der Waals surface area contributed by atoms with Crippen LogP contribution in [0.15, 0.2) is 40.9 Å². The fourth-order valence-electron chi connectivity index (χ4n) is 4.12. The van der Waals surface area contributed by atoms with Gasteiger partial charge in [-0.1, -0.05) is 12.1 Å². The van der Waals surface area contributed by atoms with Gasteiger partial charge in [-0.3, -0.25) is 9.89 Å². The summed E-state index contributed by atoms with van der Waals surface area (Å²) in [5, 5.41) is 20.3. The van der Waals surface area contributed by atoms with Crippen molar-refractivity contribution in [2.24, 2.45) is 0 Å². The van der Waals surface area contributed by atoms with E-state index in [4.69, 9.17) is 4.42 Å². The van der Waals surface area contributed by atoms with Gasteiger partial charge in [-0.2, -0.15) is 5.10 Å². The summed E-state index contributed by atoms with van der Waals surface area (Å²) in [5.74, 6) is -0.250. The Morgan fingerprint density at radius 3 is 2.90 bits per heavy atom. The molecule has 1 aromatic carbocycles. The van der Waals surface area contributed by atoms with Gasteiger partial charge < -0.3 is 19.7 Å². The Morgan fingerprint density at radius 2 is 2.13 bits per heavy atom. The number of furan rings is 1. The minimum Gasteiger partial charge on any atom is -0.480 e. The lowest BCUT2D eigenvalue weighted by Crippen LogP contribution is -2.39. The van der Waals surface area contributed by atoms with Crippen LogP contribution in [0.25, 0.3) is 22.1 Å². The Bertz CT molecular complexity index is 1280. The molecule has 5 rings (SSSR count). The highest BCUT2D eigenvalue weighted by Gasteiger charge is 2.40. The van der Waals surface area contributed by atoms with E-state index in [1.165, 1.54) is 0 Å². The predicted octanol–water partition coefficient (Wildman–Crippen LogP) is 1.80. The lowest BCUT2D eigenvalue weighted by atomic mass is 10.1. The van der Waals surface area contributed by atoms with E-state index in [0.29, 0.717) is 40.6 Å². The van der Waals surface area contributed by atoms with Crippen molar-refractivity contribution in [2.45, 2.75) is 31.8 Å².